The largest absolute Gasteiger partial charge is 0.228 e. The molecule has 2 heteroatoms. The molecule has 12 rings (SSSR count). The fourth-order valence-electron chi connectivity index (χ4n) is 9.89. The quantitative estimate of drug-likeness (QED) is 0.168. The number of aromatic nitrogens is 2. The van der Waals surface area contributed by atoms with Crippen LogP contribution in [0.2, 0.25) is 0 Å². The maximum absolute atomic E-state index is 5.22. The normalized spacial score (nSPS) is 12.7. The second-order valence-corrected chi connectivity index (χ2v) is 16.1. The Kier molecular flexibility index (Phi) is 8.11. The molecule has 2 aliphatic carbocycles. The molecule has 1 aromatic heterocycles. The monoisotopic (exact) mass is 774 g/mol. The zero-order valence-electron chi connectivity index (χ0n) is 33.3. The van der Waals surface area contributed by atoms with E-state index in [9.17, 15) is 0 Å². The Labute approximate surface area is 356 Å². The van der Waals surface area contributed by atoms with Crippen molar-refractivity contribution in [2.24, 2.45) is 0 Å². The predicted octanol–water partition coefficient (Wildman–Crippen LogP) is 14.8. The molecule has 284 valence electrons. The molecule has 0 amide bonds. The Bertz CT molecular complexity index is 3090. The number of hydrogen-bond acceptors (Lipinski definition) is 2. The standard InChI is InChI=1S/C59H38N2/c1-3-13-39(14-4-1)41-23-29-44(30-24-41)56-38-57(45-31-25-42(26-32-45)40-15-5-2-6-16-40)61-58(60-56)46-33-27-43(28-34-46)47-35-36-51-50-19-9-12-22-54(50)59(55(51)37-47)52-20-10-7-17-48(52)49-18-8-11-21-53(49)59/h1-38H. The van der Waals surface area contributed by atoms with Crippen molar-refractivity contribution in [3.05, 3.63) is 253 Å². The summed E-state index contributed by atoms with van der Waals surface area (Å²) in [5, 5.41) is 0. The van der Waals surface area contributed by atoms with Crippen LogP contribution in [-0.2, 0) is 5.41 Å². The summed E-state index contributed by atoms with van der Waals surface area (Å²) in [4.78, 5) is 10.4. The lowest BCUT2D eigenvalue weighted by Gasteiger charge is -2.30. The Hall–Kier alpha value is -7.94. The molecule has 0 saturated heterocycles. The topological polar surface area (TPSA) is 25.8 Å². The van der Waals surface area contributed by atoms with Gasteiger partial charge in [0.1, 0.15) is 0 Å². The molecule has 10 aromatic rings. The molecule has 9 aromatic carbocycles. The summed E-state index contributed by atoms with van der Waals surface area (Å²) in [6, 6.07) is 83.3. The summed E-state index contributed by atoms with van der Waals surface area (Å²) in [5.41, 5.74) is 22.2. The van der Waals surface area contributed by atoms with E-state index in [0.717, 1.165) is 33.6 Å². The second-order valence-electron chi connectivity index (χ2n) is 16.1. The lowest BCUT2D eigenvalue weighted by molar-refractivity contribution is 0.794. The van der Waals surface area contributed by atoms with Gasteiger partial charge >= 0.3 is 0 Å². The molecule has 0 fully saturated rings. The van der Waals surface area contributed by atoms with E-state index < -0.39 is 0 Å². The van der Waals surface area contributed by atoms with E-state index in [0.29, 0.717) is 5.82 Å². The van der Waals surface area contributed by atoms with E-state index in [1.54, 1.807) is 0 Å². The first-order valence-corrected chi connectivity index (χ1v) is 21.0. The molecular formula is C59H38N2. The van der Waals surface area contributed by atoms with E-state index in [1.807, 2.05) is 0 Å². The Morgan fingerprint density at radius 3 is 1.02 bits per heavy atom. The van der Waals surface area contributed by atoms with Crippen LogP contribution in [0.4, 0.5) is 0 Å². The first kappa shape index (κ1) is 35.0. The van der Waals surface area contributed by atoms with E-state index in [1.165, 1.54) is 72.3 Å². The van der Waals surface area contributed by atoms with Gasteiger partial charge in [0.2, 0.25) is 0 Å². The highest BCUT2D eigenvalue weighted by Gasteiger charge is 2.51. The summed E-state index contributed by atoms with van der Waals surface area (Å²) >= 11 is 0. The van der Waals surface area contributed by atoms with Gasteiger partial charge in [0.25, 0.3) is 0 Å². The van der Waals surface area contributed by atoms with Crippen LogP contribution < -0.4 is 0 Å². The van der Waals surface area contributed by atoms with Crippen LogP contribution in [0.1, 0.15) is 22.3 Å². The van der Waals surface area contributed by atoms with Gasteiger partial charge in [-0.3, -0.25) is 0 Å². The molecule has 1 heterocycles. The number of hydrogen-bond donors (Lipinski definition) is 0. The van der Waals surface area contributed by atoms with Crippen LogP contribution >= 0.6 is 0 Å². The van der Waals surface area contributed by atoms with Crippen molar-refractivity contribution in [3.63, 3.8) is 0 Å². The van der Waals surface area contributed by atoms with Crippen molar-refractivity contribution in [2.75, 3.05) is 0 Å². The maximum Gasteiger partial charge on any atom is 0.160 e. The van der Waals surface area contributed by atoms with Crippen molar-refractivity contribution in [1.82, 2.24) is 9.97 Å². The first-order chi connectivity index (χ1) is 30.2. The Balaban J connectivity index is 0.946. The highest BCUT2D eigenvalue weighted by molar-refractivity contribution is 5.96. The molecule has 61 heavy (non-hydrogen) atoms. The van der Waals surface area contributed by atoms with Gasteiger partial charge in [-0.25, -0.2) is 9.97 Å². The maximum atomic E-state index is 5.22. The minimum absolute atomic E-state index is 0.377. The average Bonchev–Trinajstić information content (AvgIpc) is 3.82. The van der Waals surface area contributed by atoms with Crippen LogP contribution in [-0.4, -0.2) is 9.97 Å². The predicted molar refractivity (Wildman–Crippen MR) is 251 cm³/mol. The number of benzene rings is 9. The van der Waals surface area contributed by atoms with Crippen molar-refractivity contribution >= 4 is 0 Å². The van der Waals surface area contributed by atoms with Gasteiger partial charge in [-0.1, -0.05) is 218 Å². The SMILES string of the molecule is c1ccc(-c2ccc(-c3cc(-c4ccc(-c5ccccc5)cc4)nc(-c4ccc(-c5ccc6c(c5)C5(c7ccccc7-c7ccccc75)c5ccccc5-6)cc4)n3)cc2)cc1. The van der Waals surface area contributed by atoms with Crippen molar-refractivity contribution in [3.8, 4) is 89.5 Å². The molecule has 0 bridgehead atoms. The van der Waals surface area contributed by atoms with Crippen LogP contribution in [0.5, 0.6) is 0 Å². The number of rotatable bonds is 6. The van der Waals surface area contributed by atoms with Gasteiger partial charge in [0, 0.05) is 16.7 Å². The van der Waals surface area contributed by atoms with E-state index in [4.69, 9.17) is 9.97 Å². The van der Waals surface area contributed by atoms with Gasteiger partial charge in [-0.15, -0.1) is 0 Å². The van der Waals surface area contributed by atoms with Crippen LogP contribution in [0, 0.1) is 0 Å². The zero-order chi connectivity index (χ0) is 40.3. The highest BCUT2D eigenvalue weighted by atomic mass is 14.9. The molecule has 1 spiro atoms. The van der Waals surface area contributed by atoms with Gasteiger partial charge in [-0.2, -0.15) is 0 Å². The van der Waals surface area contributed by atoms with Crippen molar-refractivity contribution in [1.29, 1.82) is 0 Å². The van der Waals surface area contributed by atoms with Crippen LogP contribution in [0.3, 0.4) is 0 Å². The fourth-order valence-corrected chi connectivity index (χ4v) is 9.89. The fraction of sp³-hybridized carbons (Fsp3) is 0.0169. The molecule has 0 saturated carbocycles. The first-order valence-electron chi connectivity index (χ1n) is 21.0. The molecule has 2 aliphatic rings. The third-order valence-corrected chi connectivity index (χ3v) is 12.8. The van der Waals surface area contributed by atoms with Crippen LogP contribution in [0.25, 0.3) is 89.5 Å². The lowest BCUT2D eigenvalue weighted by atomic mass is 9.70. The van der Waals surface area contributed by atoms with Gasteiger partial charge in [0.05, 0.1) is 16.8 Å². The molecular weight excluding hydrogens is 737 g/mol. The summed E-state index contributed by atoms with van der Waals surface area (Å²) in [6.07, 6.45) is 0. The second kappa shape index (κ2) is 14.1. The molecule has 0 radical (unpaired) electrons. The third kappa shape index (κ3) is 5.64. The smallest absolute Gasteiger partial charge is 0.160 e. The van der Waals surface area contributed by atoms with Gasteiger partial charge in [-0.05, 0) is 90.0 Å². The van der Waals surface area contributed by atoms with E-state index >= 15 is 0 Å². The molecule has 0 N–H and O–H groups in total. The Morgan fingerprint density at radius 2 is 0.557 bits per heavy atom. The molecule has 0 aliphatic heterocycles. The van der Waals surface area contributed by atoms with E-state index in [2.05, 4.69) is 231 Å². The summed E-state index contributed by atoms with van der Waals surface area (Å²) in [7, 11) is 0. The summed E-state index contributed by atoms with van der Waals surface area (Å²) < 4.78 is 0. The number of fused-ring (bicyclic) bond motifs is 10. The minimum Gasteiger partial charge on any atom is -0.228 e. The third-order valence-electron chi connectivity index (χ3n) is 12.8. The highest BCUT2D eigenvalue weighted by Crippen LogP contribution is 2.63. The van der Waals surface area contributed by atoms with Crippen LogP contribution in [0.15, 0.2) is 231 Å². The molecule has 0 unspecified atom stereocenters. The minimum atomic E-state index is -0.377. The molecule has 2 nitrogen and oxygen atoms in total. The van der Waals surface area contributed by atoms with Gasteiger partial charge in [0.15, 0.2) is 5.82 Å². The van der Waals surface area contributed by atoms with Gasteiger partial charge < -0.3 is 0 Å². The van der Waals surface area contributed by atoms with Crippen molar-refractivity contribution in [2.45, 2.75) is 5.41 Å². The Morgan fingerprint density at radius 1 is 0.230 bits per heavy atom. The summed E-state index contributed by atoms with van der Waals surface area (Å²) in [5.74, 6) is 0.695. The number of nitrogens with zero attached hydrogens (tertiary/aromatic N) is 2. The molecule has 0 atom stereocenters. The lowest BCUT2D eigenvalue weighted by Crippen LogP contribution is -2.25. The average molecular weight is 775 g/mol. The van der Waals surface area contributed by atoms with Crippen molar-refractivity contribution < 1.29 is 0 Å². The zero-order valence-corrected chi connectivity index (χ0v) is 33.3. The summed E-state index contributed by atoms with van der Waals surface area (Å²) in [6.45, 7) is 0. The van der Waals surface area contributed by atoms with E-state index in [-0.39, 0.29) is 5.41 Å².